The van der Waals surface area contributed by atoms with Crippen molar-refractivity contribution >= 4 is 39.2 Å². The molecule has 1 N–H and O–H groups in total. The van der Waals surface area contributed by atoms with Crippen LogP contribution in [0.3, 0.4) is 0 Å². The van der Waals surface area contributed by atoms with E-state index in [0.717, 1.165) is 16.4 Å². The molecule has 0 aliphatic rings. The normalized spacial score (nSPS) is 11.9. The molecule has 118 valence electrons. The molecule has 0 bridgehead atoms. The van der Waals surface area contributed by atoms with Gasteiger partial charge in [0.05, 0.1) is 17.2 Å². The number of benzene rings is 1. The summed E-state index contributed by atoms with van der Waals surface area (Å²) >= 11 is 11.7. The highest BCUT2D eigenvalue weighted by atomic mass is 35.5. The first-order valence-corrected chi connectivity index (χ1v) is 8.17. The summed E-state index contributed by atoms with van der Waals surface area (Å²) < 4.78 is 30.9. The molecule has 9 heteroatoms. The molecule has 0 amide bonds. The van der Waals surface area contributed by atoms with E-state index in [9.17, 15) is 13.2 Å². The van der Waals surface area contributed by atoms with E-state index in [1.165, 1.54) is 7.05 Å². The molecule has 0 fully saturated rings. The summed E-state index contributed by atoms with van der Waals surface area (Å²) in [5.74, 6) is -1.35. The van der Waals surface area contributed by atoms with Gasteiger partial charge in [-0.2, -0.15) is 4.31 Å². The van der Waals surface area contributed by atoms with Crippen molar-refractivity contribution in [2.45, 2.75) is 11.8 Å². The summed E-state index contributed by atoms with van der Waals surface area (Å²) in [5, 5.41) is 8.64. The third-order valence-corrected chi connectivity index (χ3v) is 5.30. The standard InChI is InChI=1S/C12H15Cl2NO5S/c1-3-20-5-4-15(2)21(18,19)10-7-8(13)6-9(11(10)14)12(16)17/h6-7H,3-5H2,1-2H3,(H,16,17). The number of hydrogen-bond donors (Lipinski definition) is 1. The maximum atomic E-state index is 12.4. The lowest BCUT2D eigenvalue weighted by Gasteiger charge is -2.18. The molecule has 1 aromatic carbocycles. The molecule has 0 aromatic heterocycles. The van der Waals surface area contributed by atoms with E-state index < -0.39 is 16.0 Å². The van der Waals surface area contributed by atoms with Gasteiger partial charge in [0, 0.05) is 25.2 Å². The van der Waals surface area contributed by atoms with Crippen molar-refractivity contribution < 1.29 is 23.1 Å². The van der Waals surface area contributed by atoms with Crippen LogP contribution in [0.4, 0.5) is 0 Å². The average molecular weight is 356 g/mol. The number of carboxylic acid groups (broad SMARTS) is 1. The molecule has 0 aliphatic heterocycles. The van der Waals surface area contributed by atoms with Gasteiger partial charge in [-0.25, -0.2) is 13.2 Å². The fourth-order valence-electron chi connectivity index (χ4n) is 1.53. The Bertz CT molecular complexity index is 633. The number of carbonyl (C=O) groups is 1. The van der Waals surface area contributed by atoms with Crippen molar-refractivity contribution in [2.24, 2.45) is 0 Å². The highest BCUT2D eigenvalue weighted by Crippen LogP contribution is 2.31. The lowest BCUT2D eigenvalue weighted by molar-refractivity contribution is 0.0697. The maximum absolute atomic E-state index is 12.4. The Morgan fingerprint density at radius 3 is 2.52 bits per heavy atom. The van der Waals surface area contributed by atoms with Gasteiger partial charge < -0.3 is 9.84 Å². The zero-order valence-corrected chi connectivity index (χ0v) is 13.8. The third kappa shape index (κ3) is 4.31. The van der Waals surface area contributed by atoms with Crippen molar-refractivity contribution in [2.75, 3.05) is 26.8 Å². The first-order chi connectivity index (χ1) is 9.71. The van der Waals surface area contributed by atoms with E-state index in [1.807, 2.05) is 0 Å². The van der Waals surface area contributed by atoms with Gasteiger partial charge in [0.25, 0.3) is 0 Å². The van der Waals surface area contributed by atoms with E-state index >= 15 is 0 Å². The number of nitrogens with zero attached hydrogens (tertiary/aromatic N) is 1. The number of sulfonamides is 1. The van der Waals surface area contributed by atoms with Crippen LogP contribution in [0.15, 0.2) is 17.0 Å². The van der Waals surface area contributed by atoms with E-state index in [4.69, 9.17) is 33.0 Å². The van der Waals surface area contributed by atoms with Crippen molar-refractivity contribution in [3.05, 3.63) is 27.7 Å². The number of hydrogen-bond acceptors (Lipinski definition) is 4. The van der Waals surface area contributed by atoms with Crippen LogP contribution >= 0.6 is 23.2 Å². The Labute approximate surface area is 133 Å². The van der Waals surface area contributed by atoms with Gasteiger partial charge in [0.2, 0.25) is 10.0 Å². The molecule has 0 saturated carbocycles. The minimum Gasteiger partial charge on any atom is -0.478 e. The van der Waals surface area contributed by atoms with E-state index in [0.29, 0.717) is 6.61 Å². The van der Waals surface area contributed by atoms with Crippen LogP contribution < -0.4 is 0 Å². The molecule has 0 atom stereocenters. The van der Waals surface area contributed by atoms with E-state index in [-0.39, 0.29) is 33.7 Å². The second kappa shape index (κ2) is 7.42. The molecule has 0 spiro atoms. The fourth-order valence-corrected chi connectivity index (χ4v) is 3.56. The second-order valence-corrected chi connectivity index (χ2v) is 6.92. The van der Waals surface area contributed by atoms with Gasteiger partial charge in [-0.15, -0.1) is 0 Å². The largest absolute Gasteiger partial charge is 0.478 e. The SMILES string of the molecule is CCOCCN(C)S(=O)(=O)c1cc(Cl)cc(C(=O)O)c1Cl. The van der Waals surface area contributed by atoms with E-state index in [2.05, 4.69) is 0 Å². The minimum atomic E-state index is -3.96. The molecular formula is C12H15Cl2NO5S. The van der Waals surface area contributed by atoms with Crippen LogP contribution in [0.1, 0.15) is 17.3 Å². The molecule has 21 heavy (non-hydrogen) atoms. The molecular weight excluding hydrogens is 341 g/mol. The van der Waals surface area contributed by atoms with Gasteiger partial charge in [-0.3, -0.25) is 0 Å². The van der Waals surface area contributed by atoms with Crippen LogP contribution in [0.2, 0.25) is 10.0 Å². The predicted octanol–water partition coefficient (Wildman–Crippen LogP) is 2.35. The first kappa shape index (κ1) is 18.2. The highest BCUT2D eigenvalue weighted by molar-refractivity contribution is 7.89. The van der Waals surface area contributed by atoms with Crippen LogP contribution in [-0.4, -0.2) is 50.6 Å². The van der Waals surface area contributed by atoms with Crippen molar-refractivity contribution in [1.82, 2.24) is 4.31 Å². The Balaban J connectivity index is 3.22. The quantitative estimate of drug-likeness (QED) is 0.758. The van der Waals surface area contributed by atoms with Crippen LogP contribution in [0, 0.1) is 0 Å². The Morgan fingerprint density at radius 2 is 2.00 bits per heavy atom. The predicted molar refractivity (Wildman–Crippen MR) is 79.7 cm³/mol. The molecule has 0 unspecified atom stereocenters. The highest BCUT2D eigenvalue weighted by Gasteiger charge is 2.27. The van der Waals surface area contributed by atoms with E-state index in [1.54, 1.807) is 6.92 Å². The summed E-state index contributed by atoms with van der Waals surface area (Å²) in [6, 6.07) is 2.23. The summed E-state index contributed by atoms with van der Waals surface area (Å²) in [4.78, 5) is 10.7. The number of likely N-dealkylation sites (N-methyl/N-ethyl adjacent to an activating group) is 1. The summed E-state index contributed by atoms with van der Waals surface area (Å²) in [6.07, 6.45) is 0. The number of aromatic carboxylic acids is 1. The molecule has 1 aromatic rings. The topological polar surface area (TPSA) is 83.9 Å². The molecule has 1 rings (SSSR count). The van der Waals surface area contributed by atoms with Gasteiger partial charge in [-0.05, 0) is 19.1 Å². The lowest BCUT2D eigenvalue weighted by atomic mass is 10.2. The zero-order chi connectivity index (χ0) is 16.2. The van der Waals surface area contributed by atoms with Crippen molar-refractivity contribution in [3.8, 4) is 0 Å². The molecule has 0 saturated heterocycles. The van der Waals surface area contributed by atoms with Crippen LogP contribution in [0.5, 0.6) is 0 Å². The van der Waals surface area contributed by atoms with Gasteiger partial charge >= 0.3 is 5.97 Å². The third-order valence-electron chi connectivity index (χ3n) is 2.68. The number of carboxylic acids is 1. The van der Waals surface area contributed by atoms with Gasteiger partial charge in [-0.1, -0.05) is 23.2 Å². The second-order valence-electron chi connectivity index (χ2n) is 4.09. The van der Waals surface area contributed by atoms with Crippen molar-refractivity contribution in [1.29, 1.82) is 0 Å². The summed E-state index contributed by atoms with van der Waals surface area (Å²) in [5.41, 5.74) is -0.360. The molecule has 0 aliphatic carbocycles. The molecule has 0 heterocycles. The van der Waals surface area contributed by atoms with Crippen LogP contribution in [0.25, 0.3) is 0 Å². The van der Waals surface area contributed by atoms with Gasteiger partial charge in [0.15, 0.2) is 0 Å². The first-order valence-electron chi connectivity index (χ1n) is 5.98. The Hall–Kier alpha value is -0.860. The summed E-state index contributed by atoms with van der Waals surface area (Å²) in [6.45, 7) is 2.59. The Kier molecular flexibility index (Phi) is 6.42. The number of rotatable bonds is 7. The summed E-state index contributed by atoms with van der Waals surface area (Å²) in [7, 11) is -2.60. The van der Waals surface area contributed by atoms with Crippen molar-refractivity contribution in [3.63, 3.8) is 0 Å². The number of halogens is 2. The zero-order valence-electron chi connectivity index (χ0n) is 11.5. The average Bonchev–Trinajstić information content (AvgIpc) is 2.40. The monoisotopic (exact) mass is 355 g/mol. The molecule has 0 radical (unpaired) electrons. The Morgan fingerprint density at radius 1 is 1.38 bits per heavy atom. The van der Waals surface area contributed by atoms with Crippen LogP contribution in [-0.2, 0) is 14.8 Å². The fraction of sp³-hybridized carbons (Fsp3) is 0.417. The smallest absolute Gasteiger partial charge is 0.337 e. The van der Waals surface area contributed by atoms with Gasteiger partial charge in [0.1, 0.15) is 4.90 Å². The lowest BCUT2D eigenvalue weighted by Crippen LogP contribution is -2.30. The number of ether oxygens (including phenoxy) is 1. The maximum Gasteiger partial charge on any atom is 0.337 e. The minimum absolute atomic E-state index is 0.0198. The molecule has 6 nitrogen and oxygen atoms in total.